The fraction of sp³-hybridized carbons (Fsp3) is 0.500. The van der Waals surface area contributed by atoms with E-state index in [0.717, 1.165) is 6.42 Å². The van der Waals surface area contributed by atoms with Crippen LogP contribution in [0, 0.1) is 12.8 Å². The highest BCUT2D eigenvalue weighted by Gasteiger charge is 2.32. The normalized spacial score (nSPS) is 18.8. The summed E-state index contributed by atoms with van der Waals surface area (Å²) in [7, 11) is -2.32. The molecule has 0 radical (unpaired) electrons. The zero-order chi connectivity index (χ0) is 15.6. The van der Waals surface area contributed by atoms with Gasteiger partial charge in [-0.25, -0.2) is 13.2 Å². The van der Waals surface area contributed by atoms with Gasteiger partial charge >= 0.3 is 5.97 Å². The van der Waals surface area contributed by atoms with Crippen LogP contribution in [0.4, 0.5) is 0 Å². The highest BCUT2D eigenvalue weighted by Crippen LogP contribution is 2.25. The van der Waals surface area contributed by atoms with Crippen molar-refractivity contribution in [2.45, 2.75) is 18.2 Å². The van der Waals surface area contributed by atoms with Gasteiger partial charge in [0, 0.05) is 13.1 Å². The number of methoxy groups -OCH3 is 1. The van der Waals surface area contributed by atoms with Crippen LogP contribution < -0.4 is 5.73 Å². The van der Waals surface area contributed by atoms with E-state index >= 15 is 0 Å². The number of hydrogen-bond acceptors (Lipinski definition) is 5. The van der Waals surface area contributed by atoms with Crippen molar-refractivity contribution in [1.82, 2.24) is 4.31 Å². The van der Waals surface area contributed by atoms with Gasteiger partial charge in [0.2, 0.25) is 10.0 Å². The molecule has 0 bridgehead atoms. The van der Waals surface area contributed by atoms with Crippen LogP contribution in [0.3, 0.4) is 0 Å². The number of carbonyl (C=O) groups excluding carboxylic acids is 1. The van der Waals surface area contributed by atoms with Gasteiger partial charge < -0.3 is 10.5 Å². The SMILES string of the molecule is COC(=O)c1cc(S(=O)(=O)N2CCC(CN)C2)ccc1C.Cl. The third kappa shape index (κ3) is 3.60. The lowest BCUT2D eigenvalue weighted by Crippen LogP contribution is -2.30. The summed E-state index contributed by atoms with van der Waals surface area (Å²) in [6, 6.07) is 4.52. The van der Waals surface area contributed by atoms with Gasteiger partial charge in [-0.2, -0.15) is 4.31 Å². The quantitative estimate of drug-likeness (QED) is 0.825. The van der Waals surface area contributed by atoms with Crippen LogP contribution in [0.1, 0.15) is 22.3 Å². The zero-order valence-corrected chi connectivity index (χ0v) is 14.2. The molecular weight excluding hydrogens is 328 g/mol. The number of benzene rings is 1. The predicted octanol–water partition coefficient (Wildman–Crippen LogP) is 1.17. The Labute approximate surface area is 137 Å². The van der Waals surface area contributed by atoms with Gasteiger partial charge in [-0.1, -0.05) is 6.07 Å². The summed E-state index contributed by atoms with van der Waals surface area (Å²) in [6.45, 7) is 3.11. The molecular formula is C14H21ClN2O4S. The average Bonchev–Trinajstić information content (AvgIpc) is 2.96. The highest BCUT2D eigenvalue weighted by atomic mass is 35.5. The Morgan fingerprint density at radius 1 is 1.45 bits per heavy atom. The maximum atomic E-state index is 12.6. The number of nitrogens with two attached hydrogens (primary N) is 1. The molecule has 2 N–H and O–H groups in total. The third-order valence-corrected chi connectivity index (χ3v) is 5.70. The molecule has 1 unspecified atom stereocenters. The lowest BCUT2D eigenvalue weighted by atomic mass is 10.1. The number of esters is 1. The molecule has 0 aliphatic carbocycles. The number of aryl methyl sites for hydroxylation is 1. The monoisotopic (exact) mass is 348 g/mol. The maximum Gasteiger partial charge on any atom is 0.338 e. The summed E-state index contributed by atoms with van der Waals surface area (Å²) in [6.07, 6.45) is 0.769. The smallest absolute Gasteiger partial charge is 0.338 e. The van der Waals surface area contributed by atoms with Crippen molar-refractivity contribution in [2.24, 2.45) is 11.7 Å². The van der Waals surface area contributed by atoms with Gasteiger partial charge in [-0.15, -0.1) is 12.4 Å². The molecule has 1 aliphatic heterocycles. The Bertz CT molecular complexity index is 648. The number of nitrogens with zero attached hydrogens (tertiary/aromatic N) is 1. The lowest BCUT2D eigenvalue weighted by Gasteiger charge is -2.17. The highest BCUT2D eigenvalue weighted by molar-refractivity contribution is 7.89. The largest absolute Gasteiger partial charge is 0.465 e. The first-order valence-electron chi connectivity index (χ1n) is 6.79. The fourth-order valence-electron chi connectivity index (χ4n) is 2.45. The summed E-state index contributed by atoms with van der Waals surface area (Å²) in [5.74, 6) is -0.337. The summed E-state index contributed by atoms with van der Waals surface area (Å²) >= 11 is 0. The average molecular weight is 349 g/mol. The summed E-state index contributed by atoms with van der Waals surface area (Å²) in [5, 5.41) is 0. The van der Waals surface area contributed by atoms with E-state index < -0.39 is 16.0 Å². The van der Waals surface area contributed by atoms with Crippen LogP contribution in [-0.4, -0.2) is 45.4 Å². The van der Waals surface area contributed by atoms with Crippen molar-refractivity contribution in [3.8, 4) is 0 Å². The van der Waals surface area contributed by atoms with Crippen molar-refractivity contribution in [3.63, 3.8) is 0 Å². The van der Waals surface area contributed by atoms with Crippen LogP contribution in [0.15, 0.2) is 23.1 Å². The van der Waals surface area contributed by atoms with Crippen molar-refractivity contribution < 1.29 is 17.9 Å². The number of halogens is 1. The Hall–Kier alpha value is -1.15. The van der Waals surface area contributed by atoms with Gasteiger partial charge in [0.05, 0.1) is 17.6 Å². The van der Waals surface area contributed by atoms with Gasteiger partial charge in [0.1, 0.15) is 0 Å². The van der Waals surface area contributed by atoms with Crippen molar-refractivity contribution in [2.75, 3.05) is 26.7 Å². The number of carbonyl (C=O) groups is 1. The Morgan fingerprint density at radius 2 is 2.14 bits per heavy atom. The number of sulfonamides is 1. The molecule has 0 saturated carbocycles. The first-order chi connectivity index (χ1) is 9.90. The maximum absolute atomic E-state index is 12.6. The van der Waals surface area contributed by atoms with Crippen LogP contribution in [0.2, 0.25) is 0 Å². The summed E-state index contributed by atoms with van der Waals surface area (Å²) in [5.41, 5.74) is 6.55. The predicted molar refractivity (Wildman–Crippen MR) is 85.7 cm³/mol. The second kappa shape index (κ2) is 7.41. The molecule has 1 heterocycles. The molecule has 22 heavy (non-hydrogen) atoms. The van der Waals surface area contributed by atoms with E-state index in [-0.39, 0.29) is 28.8 Å². The minimum Gasteiger partial charge on any atom is -0.465 e. The molecule has 8 heteroatoms. The molecule has 0 amide bonds. The standard InChI is InChI=1S/C14H20N2O4S.ClH/c1-10-3-4-12(7-13(10)14(17)20-2)21(18,19)16-6-5-11(8-15)9-16;/h3-4,7,11H,5-6,8-9,15H2,1-2H3;1H. The molecule has 1 atom stereocenters. The molecule has 1 saturated heterocycles. The van der Waals surface area contributed by atoms with Gasteiger partial charge in [-0.3, -0.25) is 0 Å². The molecule has 1 fully saturated rings. The van der Waals surface area contributed by atoms with Crippen LogP contribution >= 0.6 is 12.4 Å². The molecule has 2 rings (SSSR count). The number of rotatable bonds is 4. The second-order valence-corrected chi connectivity index (χ2v) is 7.16. The molecule has 1 aromatic rings. The first kappa shape index (κ1) is 18.9. The fourth-order valence-corrected chi connectivity index (χ4v) is 4.01. The molecule has 124 valence electrons. The van der Waals surface area contributed by atoms with Crippen molar-refractivity contribution >= 4 is 28.4 Å². The van der Waals surface area contributed by atoms with Crippen molar-refractivity contribution in [3.05, 3.63) is 29.3 Å². The zero-order valence-electron chi connectivity index (χ0n) is 12.6. The summed E-state index contributed by atoms with van der Waals surface area (Å²) < 4.78 is 31.3. The minimum atomic E-state index is -3.59. The molecule has 0 spiro atoms. The molecule has 6 nitrogen and oxygen atoms in total. The topological polar surface area (TPSA) is 89.7 Å². The van der Waals surface area contributed by atoms with E-state index in [1.165, 1.54) is 23.5 Å². The van der Waals surface area contributed by atoms with Crippen LogP contribution in [0.5, 0.6) is 0 Å². The van der Waals surface area contributed by atoms with Crippen molar-refractivity contribution in [1.29, 1.82) is 0 Å². The van der Waals surface area contributed by atoms with Crippen LogP contribution in [-0.2, 0) is 14.8 Å². The lowest BCUT2D eigenvalue weighted by molar-refractivity contribution is 0.0599. The number of ether oxygens (including phenoxy) is 1. The van der Waals surface area contributed by atoms with Gasteiger partial charge in [0.25, 0.3) is 0 Å². The van der Waals surface area contributed by atoms with E-state index in [2.05, 4.69) is 4.74 Å². The Kier molecular flexibility index (Phi) is 6.37. The molecule has 1 aliphatic rings. The molecule has 0 aromatic heterocycles. The van der Waals surface area contributed by atoms with E-state index in [0.29, 0.717) is 25.2 Å². The Balaban J connectivity index is 0.00000242. The Morgan fingerprint density at radius 3 is 2.68 bits per heavy atom. The van der Waals surface area contributed by atoms with Crippen LogP contribution in [0.25, 0.3) is 0 Å². The van der Waals surface area contributed by atoms with Gasteiger partial charge in [-0.05, 0) is 43.5 Å². The van der Waals surface area contributed by atoms with Gasteiger partial charge in [0.15, 0.2) is 0 Å². The second-order valence-electron chi connectivity index (χ2n) is 5.22. The molecule has 1 aromatic carbocycles. The minimum absolute atomic E-state index is 0. The van der Waals surface area contributed by atoms with E-state index in [1.807, 2.05) is 0 Å². The summed E-state index contributed by atoms with van der Waals surface area (Å²) in [4.78, 5) is 11.8. The first-order valence-corrected chi connectivity index (χ1v) is 8.23. The van der Waals surface area contributed by atoms with E-state index in [4.69, 9.17) is 5.73 Å². The van der Waals surface area contributed by atoms with E-state index in [9.17, 15) is 13.2 Å². The number of hydrogen-bond donors (Lipinski definition) is 1. The third-order valence-electron chi connectivity index (χ3n) is 3.83. The van der Waals surface area contributed by atoms with E-state index in [1.54, 1.807) is 13.0 Å².